The van der Waals surface area contributed by atoms with Crippen LogP contribution in [-0.4, -0.2) is 35.9 Å². The molecule has 1 heterocycles. The van der Waals surface area contributed by atoms with E-state index >= 15 is 0 Å². The summed E-state index contributed by atoms with van der Waals surface area (Å²) in [5.74, 6) is 3.66. The van der Waals surface area contributed by atoms with Crippen LogP contribution in [0, 0.1) is 0 Å². The van der Waals surface area contributed by atoms with E-state index in [0.717, 1.165) is 28.6 Å². The Kier molecular flexibility index (Phi) is 4.18. The van der Waals surface area contributed by atoms with E-state index in [9.17, 15) is 5.11 Å². The van der Waals surface area contributed by atoms with E-state index in [1.165, 1.54) is 0 Å². The van der Waals surface area contributed by atoms with Crippen molar-refractivity contribution in [2.45, 2.75) is 25.6 Å². The normalized spacial score (nSPS) is 17.4. The molecule has 1 aromatic carbocycles. The van der Waals surface area contributed by atoms with Crippen LogP contribution in [-0.2, 0) is 6.42 Å². The van der Waals surface area contributed by atoms with Gasteiger partial charge in [-0.3, -0.25) is 0 Å². The lowest BCUT2D eigenvalue weighted by molar-refractivity contribution is 0.195. The van der Waals surface area contributed by atoms with E-state index in [0.29, 0.717) is 12.5 Å². The highest BCUT2D eigenvalue weighted by molar-refractivity contribution is 8.00. The lowest BCUT2D eigenvalue weighted by Gasteiger charge is -2.26. The molecule has 1 aromatic rings. The van der Waals surface area contributed by atoms with Gasteiger partial charge in [0.15, 0.2) is 11.5 Å². The van der Waals surface area contributed by atoms with Gasteiger partial charge in [0.2, 0.25) is 0 Å². The molecule has 0 bridgehead atoms. The second-order valence-electron chi connectivity index (χ2n) is 4.32. The first kappa shape index (κ1) is 12.6. The summed E-state index contributed by atoms with van der Waals surface area (Å²) in [5.41, 5.74) is 1.06. The van der Waals surface area contributed by atoms with E-state index < -0.39 is 0 Å². The van der Waals surface area contributed by atoms with Gasteiger partial charge in [0.05, 0.1) is 13.2 Å². The Hall–Kier alpha value is -0.870. The number of hydrogen-bond acceptors (Lipinski definition) is 4. The third-order valence-corrected chi connectivity index (χ3v) is 3.88. The molecular formula is C13H18O3S. The molecule has 1 atom stereocenters. The minimum Gasteiger partial charge on any atom is -0.493 e. The van der Waals surface area contributed by atoms with Gasteiger partial charge in [-0.05, 0) is 31.0 Å². The number of rotatable bonds is 5. The van der Waals surface area contributed by atoms with Gasteiger partial charge in [-0.2, -0.15) is 11.8 Å². The van der Waals surface area contributed by atoms with Crippen molar-refractivity contribution in [2.75, 3.05) is 18.6 Å². The molecule has 1 unspecified atom stereocenters. The molecule has 1 aliphatic heterocycles. The molecule has 0 radical (unpaired) electrons. The van der Waals surface area contributed by atoms with Crippen LogP contribution in [0.25, 0.3) is 0 Å². The van der Waals surface area contributed by atoms with Crippen molar-refractivity contribution in [3.63, 3.8) is 0 Å². The average Bonchev–Trinajstić information content (AvgIpc) is 2.23. The summed E-state index contributed by atoms with van der Waals surface area (Å²) in [6.07, 6.45) is 0.613. The van der Waals surface area contributed by atoms with Crippen LogP contribution >= 0.6 is 11.8 Å². The van der Waals surface area contributed by atoms with Crippen molar-refractivity contribution in [1.29, 1.82) is 0 Å². The van der Waals surface area contributed by atoms with E-state index in [1.54, 1.807) is 14.0 Å². The summed E-state index contributed by atoms with van der Waals surface area (Å²) in [7, 11) is 1.64. The van der Waals surface area contributed by atoms with Crippen LogP contribution in [0.15, 0.2) is 18.2 Å². The number of benzene rings is 1. The molecule has 0 saturated carbocycles. The highest BCUT2D eigenvalue weighted by atomic mass is 32.2. The molecule has 1 N–H and O–H groups in total. The number of ether oxygens (including phenoxy) is 2. The fourth-order valence-electron chi connectivity index (χ4n) is 1.74. The molecular weight excluding hydrogens is 236 g/mol. The quantitative estimate of drug-likeness (QED) is 0.873. The molecule has 0 amide bonds. The monoisotopic (exact) mass is 254 g/mol. The van der Waals surface area contributed by atoms with Crippen molar-refractivity contribution in [2.24, 2.45) is 0 Å². The molecule has 1 saturated heterocycles. The van der Waals surface area contributed by atoms with E-state index in [4.69, 9.17) is 9.47 Å². The van der Waals surface area contributed by atoms with Crippen LogP contribution in [0.4, 0.5) is 0 Å². The SMILES string of the molecule is COc1cc(CC(C)O)ccc1OC1CSC1. The second kappa shape index (κ2) is 5.65. The molecule has 94 valence electrons. The Morgan fingerprint density at radius 3 is 2.71 bits per heavy atom. The van der Waals surface area contributed by atoms with Gasteiger partial charge in [0, 0.05) is 11.5 Å². The maximum atomic E-state index is 9.36. The topological polar surface area (TPSA) is 38.7 Å². The molecule has 0 aromatic heterocycles. The second-order valence-corrected chi connectivity index (χ2v) is 5.39. The number of thioether (sulfide) groups is 1. The summed E-state index contributed by atoms with van der Waals surface area (Å²) in [6, 6.07) is 5.85. The van der Waals surface area contributed by atoms with Gasteiger partial charge in [-0.15, -0.1) is 0 Å². The molecule has 0 spiro atoms. The molecule has 2 rings (SSSR count). The van der Waals surface area contributed by atoms with Gasteiger partial charge in [0.25, 0.3) is 0 Å². The molecule has 3 nitrogen and oxygen atoms in total. The molecule has 4 heteroatoms. The lowest BCUT2D eigenvalue weighted by atomic mass is 10.1. The van der Waals surface area contributed by atoms with Gasteiger partial charge in [-0.25, -0.2) is 0 Å². The molecule has 1 aliphatic rings. The summed E-state index contributed by atoms with van der Waals surface area (Å²) in [4.78, 5) is 0. The van der Waals surface area contributed by atoms with Crippen LogP contribution in [0.1, 0.15) is 12.5 Å². The Bertz CT molecular complexity index is 375. The van der Waals surface area contributed by atoms with Gasteiger partial charge in [0.1, 0.15) is 6.10 Å². The number of hydrogen-bond donors (Lipinski definition) is 1. The van der Waals surface area contributed by atoms with E-state index in [1.807, 2.05) is 30.0 Å². The third kappa shape index (κ3) is 3.30. The first-order valence-corrected chi connectivity index (χ1v) is 6.94. The van der Waals surface area contributed by atoms with E-state index in [2.05, 4.69) is 0 Å². The van der Waals surface area contributed by atoms with Crippen LogP contribution in [0.3, 0.4) is 0 Å². The fourth-order valence-corrected chi connectivity index (χ4v) is 2.30. The Labute approximate surface area is 106 Å². The Morgan fingerprint density at radius 1 is 1.41 bits per heavy atom. The predicted octanol–water partition coefficient (Wildman–Crippen LogP) is 2.11. The highest BCUT2D eigenvalue weighted by Crippen LogP contribution is 2.32. The smallest absolute Gasteiger partial charge is 0.161 e. The van der Waals surface area contributed by atoms with Gasteiger partial charge < -0.3 is 14.6 Å². The maximum absolute atomic E-state index is 9.36. The predicted molar refractivity (Wildman–Crippen MR) is 70.1 cm³/mol. The summed E-state index contributed by atoms with van der Waals surface area (Å²) in [5, 5.41) is 9.36. The molecule has 0 aliphatic carbocycles. The largest absolute Gasteiger partial charge is 0.493 e. The fraction of sp³-hybridized carbons (Fsp3) is 0.538. The standard InChI is InChI=1S/C13H18O3S/c1-9(14)5-10-3-4-12(13(6-10)15-2)16-11-7-17-8-11/h3-4,6,9,11,14H,5,7-8H2,1-2H3. The third-order valence-electron chi connectivity index (χ3n) is 2.66. The van der Waals surface area contributed by atoms with E-state index in [-0.39, 0.29) is 6.10 Å². The van der Waals surface area contributed by atoms with Crippen LogP contribution in [0.5, 0.6) is 11.5 Å². The molecule has 1 fully saturated rings. The minimum absolute atomic E-state index is 0.316. The first-order valence-electron chi connectivity index (χ1n) is 5.78. The number of methoxy groups -OCH3 is 1. The van der Waals surface area contributed by atoms with Crippen molar-refractivity contribution >= 4 is 11.8 Å². The van der Waals surface area contributed by atoms with Crippen molar-refractivity contribution in [1.82, 2.24) is 0 Å². The maximum Gasteiger partial charge on any atom is 0.161 e. The zero-order valence-corrected chi connectivity index (χ0v) is 11.0. The van der Waals surface area contributed by atoms with Gasteiger partial charge >= 0.3 is 0 Å². The summed E-state index contributed by atoms with van der Waals surface area (Å²) >= 11 is 1.89. The average molecular weight is 254 g/mol. The molecule has 17 heavy (non-hydrogen) atoms. The summed E-state index contributed by atoms with van der Waals surface area (Å²) < 4.78 is 11.1. The summed E-state index contributed by atoms with van der Waals surface area (Å²) in [6.45, 7) is 1.78. The van der Waals surface area contributed by atoms with Crippen molar-refractivity contribution in [3.8, 4) is 11.5 Å². The van der Waals surface area contributed by atoms with Crippen molar-refractivity contribution in [3.05, 3.63) is 23.8 Å². The number of aliphatic hydroxyl groups is 1. The number of aliphatic hydroxyl groups excluding tert-OH is 1. The van der Waals surface area contributed by atoms with Crippen molar-refractivity contribution < 1.29 is 14.6 Å². The van der Waals surface area contributed by atoms with Gasteiger partial charge in [-0.1, -0.05) is 6.07 Å². The zero-order chi connectivity index (χ0) is 12.3. The highest BCUT2D eigenvalue weighted by Gasteiger charge is 2.21. The first-order chi connectivity index (χ1) is 8.19. The minimum atomic E-state index is -0.338. The Morgan fingerprint density at radius 2 is 2.18 bits per heavy atom. The zero-order valence-electron chi connectivity index (χ0n) is 10.2. The van der Waals surface area contributed by atoms with Crippen LogP contribution < -0.4 is 9.47 Å². The van der Waals surface area contributed by atoms with Crippen LogP contribution in [0.2, 0.25) is 0 Å². The lowest BCUT2D eigenvalue weighted by Crippen LogP contribution is -2.31. The Balaban J connectivity index is 2.09.